The van der Waals surface area contributed by atoms with Crippen LogP contribution in [-0.4, -0.2) is 29.9 Å². The lowest BCUT2D eigenvalue weighted by Gasteiger charge is -1.96. The first-order valence-electron chi connectivity index (χ1n) is 28.1. The van der Waals surface area contributed by atoms with Crippen molar-refractivity contribution in [1.29, 1.82) is 0 Å². The second kappa shape index (κ2) is 27.6. The van der Waals surface area contributed by atoms with Gasteiger partial charge in [-0.15, -0.1) is 68.0 Å². The minimum Gasteiger partial charge on any atom is -0.241 e. The van der Waals surface area contributed by atoms with Crippen LogP contribution in [0.1, 0.15) is 193 Å². The van der Waals surface area contributed by atoms with Gasteiger partial charge >= 0.3 is 0 Å². The fraction of sp³-hybridized carbons (Fsp3) is 0.382. The molecule has 6 nitrogen and oxygen atoms in total. The molecule has 80 heavy (non-hydrogen) atoms. The van der Waals surface area contributed by atoms with E-state index < -0.39 is 0 Å². The minimum absolute atomic E-state index is 0.534. The van der Waals surface area contributed by atoms with Crippen molar-refractivity contribution in [2.75, 3.05) is 0 Å². The van der Waals surface area contributed by atoms with Crippen LogP contribution in [0.25, 0.3) is 61.3 Å². The first-order valence-corrected chi connectivity index (χ1v) is 33.0. The summed E-state index contributed by atoms with van der Waals surface area (Å²) in [5.41, 5.74) is 17.4. The van der Waals surface area contributed by atoms with Crippen molar-refractivity contribution in [1.82, 2.24) is 29.9 Å². The van der Waals surface area contributed by atoms with Crippen molar-refractivity contribution in [3.05, 3.63) is 172 Å². The van der Waals surface area contributed by atoms with E-state index in [-0.39, 0.29) is 0 Å². The van der Waals surface area contributed by atoms with Crippen LogP contribution in [0.5, 0.6) is 0 Å². The van der Waals surface area contributed by atoms with Crippen molar-refractivity contribution in [2.24, 2.45) is 0 Å². The number of aryl methyl sites for hydroxylation is 8. The first-order chi connectivity index (χ1) is 37.9. The van der Waals surface area contributed by atoms with Crippen LogP contribution in [0.3, 0.4) is 0 Å². The van der Waals surface area contributed by atoms with E-state index in [4.69, 9.17) is 4.98 Å². The Morgan fingerprint density at radius 1 is 0.263 bits per heavy atom. The Morgan fingerprint density at radius 3 is 0.988 bits per heavy atom. The van der Waals surface area contributed by atoms with Gasteiger partial charge in [-0.05, 0) is 136 Å². The average Bonchev–Trinajstić information content (AvgIpc) is 4.28. The maximum atomic E-state index is 4.69. The van der Waals surface area contributed by atoms with Gasteiger partial charge in [-0.3, -0.25) is 0 Å². The topological polar surface area (TPSA) is 77.3 Å². The van der Waals surface area contributed by atoms with Crippen molar-refractivity contribution in [3.8, 4) is 0 Å². The Morgan fingerprint density at radius 2 is 0.588 bits per heavy atom. The molecule has 12 aromatic rings. The molecular weight excluding hydrogens is 1090 g/mol. The van der Waals surface area contributed by atoms with Crippen LogP contribution in [0.4, 0.5) is 0 Å². The van der Waals surface area contributed by atoms with E-state index in [2.05, 4.69) is 260 Å². The molecule has 12 heteroatoms. The summed E-state index contributed by atoms with van der Waals surface area (Å²) in [6.07, 6.45) is 0. The van der Waals surface area contributed by atoms with E-state index in [1.807, 2.05) is 68.0 Å². The van der Waals surface area contributed by atoms with Crippen LogP contribution in [0, 0.1) is 55.4 Å². The van der Waals surface area contributed by atoms with Crippen LogP contribution in [-0.2, 0) is 0 Å². The number of fused-ring (bicyclic) bond motifs is 6. The minimum atomic E-state index is 0.534. The average molecular weight is 1180 g/mol. The third kappa shape index (κ3) is 15.6. The van der Waals surface area contributed by atoms with Crippen LogP contribution in [0.2, 0.25) is 0 Å². The maximum absolute atomic E-state index is 4.69. The van der Waals surface area contributed by atoms with Crippen molar-refractivity contribution in [3.63, 3.8) is 0 Å². The number of thiazole rings is 6. The predicted molar refractivity (Wildman–Crippen MR) is 360 cm³/mol. The van der Waals surface area contributed by atoms with Gasteiger partial charge in [-0.25, -0.2) is 29.9 Å². The van der Waals surface area contributed by atoms with Crippen LogP contribution < -0.4 is 0 Å². The standard InChI is InChI=1S/2C12H15NS.4C11H13NS/c1-7(2)12-13-11-9(4)5-8(3)6-10(11)14-12;1-7(2)12-13-10-8(3)5-6-9(4)11(10)14-12;1-7(2)11-12-9-5-4-8(3)6-10(9)13-11;3*1-7(2)11-12-10-8(3)5-4-6-9(10)13-11/h2*5-7H,1-4H3;4*4-7H,1-3H3. The van der Waals surface area contributed by atoms with E-state index in [0.717, 1.165) is 5.52 Å². The second-order valence-electron chi connectivity index (χ2n) is 22.8. The summed E-state index contributed by atoms with van der Waals surface area (Å²) in [6, 6.07) is 34.3. The Kier molecular flexibility index (Phi) is 21.5. The number of hydrogen-bond acceptors (Lipinski definition) is 12. The molecule has 0 aliphatic carbocycles. The lowest BCUT2D eigenvalue weighted by Crippen LogP contribution is -1.84. The molecule has 420 valence electrons. The smallest absolute Gasteiger partial charge is 0.0964 e. The zero-order valence-electron chi connectivity index (χ0n) is 50.8. The molecular formula is C68H82N6S6. The van der Waals surface area contributed by atoms with Gasteiger partial charge in [0.05, 0.1) is 91.3 Å². The molecule has 6 heterocycles. The molecule has 0 aliphatic rings. The third-order valence-corrected chi connectivity index (χ3v) is 21.3. The third-order valence-electron chi connectivity index (χ3n) is 13.2. The van der Waals surface area contributed by atoms with Gasteiger partial charge in [0.25, 0.3) is 0 Å². The van der Waals surface area contributed by atoms with E-state index in [0.29, 0.717) is 35.5 Å². The summed E-state index contributed by atoms with van der Waals surface area (Å²) in [5, 5.41) is 7.45. The van der Waals surface area contributed by atoms with E-state index >= 15 is 0 Å². The lowest BCUT2D eigenvalue weighted by molar-refractivity contribution is 0.856. The zero-order chi connectivity index (χ0) is 58.3. The van der Waals surface area contributed by atoms with Gasteiger partial charge in [0.1, 0.15) is 0 Å². The number of nitrogens with zero attached hydrogens (tertiary/aromatic N) is 6. The summed E-state index contributed by atoms with van der Waals surface area (Å²) in [5.74, 6) is 3.22. The highest BCUT2D eigenvalue weighted by atomic mass is 32.1. The van der Waals surface area contributed by atoms with Crippen molar-refractivity contribution >= 4 is 129 Å². The second-order valence-corrected chi connectivity index (χ2v) is 29.1. The maximum Gasteiger partial charge on any atom is 0.0964 e. The molecule has 0 unspecified atom stereocenters. The van der Waals surface area contributed by atoms with Gasteiger partial charge in [-0.1, -0.05) is 144 Å². The summed E-state index contributed by atoms with van der Waals surface area (Å²) in [7, 11) is 0. The van der Waals surface area contributed by atoms with Crippen LogP contribution in [0.15, 0.2) is 97.1 Å². The molecule has 0 fully saturated rings. The van der Waals surface area contributed by atoms with Gasteiger partial charge in [0.2, 0.25) is 0 Å². The number of hydrogen-bond donors (Lipinski definition) is 0. The quantitative estimate of drug-likeness (QED) is 0.165. The molecule has 6 aromatic heterocycles. The normalized spacial score (nSPS) is 11.4. The van der Waals surface area contributed by atoms with E-state index in [1.54, 1.807) is 0 Å². The van der Waals surface area contributed by atoms with Crippen molar-refractivity contribution < 1.29 is 0 Å². The predicted octanol–water partition coefficient (Wildman–Crippen LogP) is 23.0. The number of aromatic nitrogens is 6. The lowest BCUT2D eigenvalue weighted by atomic mass is 10.1. The Labute approximate surface area is 500 Å². The van der Waals surface area contributed by atoms with E-state index in [1.165, 1.54) is 130 Å². The van der Waals surface area contributed by atoms with Gasteiger partial charge < -0.3 is 0 Å². The molecule has 0 amide bonds. The van der Waals surface area contributed by atoms with Gasteiger partial charge in [-0.2, -0.15) is 0 Å². The summed E-state index contributed by atoms with van der Waals surface area (Å²) in [6.45, 7) is 43.3. The highest BCUT2D eigenvalue weighted by Gasteiger charge is 2.14. The van der Waals surface area contributed by atoms with E-state index in [9.17, 15) is 0 Å². The molecule has 12 rings (SSSR count). The molecule has 0 spiro atoms. The SMILES string of the molecule is Cc1cc(C)c2nc(C(C)C)sc2c1.Cc1ccc(C)c2sc(C(C)C)nc12.Cc1ccc2nc(C(C)C)sc2c1.Cc1cccc2sc(C(C)C)nc12.Cc1cccc2sc(C(C)C)nc12.Cc1cccc2sc(C(C)C)nc12. The fourth-order valence-corrected chi connectivity index (χ4v) is 15.0. The number of para-hydroxylation sites is 3. The fourth-order valence-electron chi connectivity index (χ4n) is 8.50. The van der Waals surface area contributed by atoms with Gasteiger partial charge in [0, 0.05) is 35.5 Å². The summed E-state index contributed by atoms with van der Waals surface area (Å²) in [4.78, 5) is 27.8. The molecule has 0 saturated heterocycles. The number of rotatable bonds is 6. The Balaban J connectivity index is 0.000000139. The molecule has 6 aromatic carbocycles. The summed E-state index contributed by atoms with van der Waals surface area (Å²) < 4.78 is 7.92. The molecule has 0 aliphatic heterocycles. The molecule has 0 radical (unpaired) electrons. The highest BCUT2D eigenvalue weighted by Crippen LogP contribution is 2.35. The van der Waals surface area contributed by atoms with Crippen molar-refractivity contribution in [2.45, 2.75) is 174 Å². The Bertz CT molecular complexity index is 3740. The summed E-state index contributed by atoms with van der Waals surface area (Å²) >= 11 is 10.9. The molecule has 0 N–H and O–H groups in total. The highest BCUT2D eigenvalue weighted by molar-refractivity contribution is 7.20. The zero-order valence-corrected chi connectivity index (χ0v) is 55.7. The molecule has 0 saturated carbocycles. The molecule has 0 bridgehead atoms. The molecule has 0 atom stereocenters. The van der Waals surface area contributed by atoms with Gasteiger partial charge in [0.15, 0.2) is 0 Å². The first kappa shape index (κ1) is 62.3. The largest absolute Gasteiger partial charge is 0.241 e. The van der Waals surface area contributed by atoms with Crippen LogP contribution >= 0.6 is 68.0 Å². The monoisotopic (exact) mass is 1170 g/mol. The Hall–Kier alpha value is -5.34. The number of benzene rings is 6.